The third kappa shape index (κ3) is 5.14. The highest BCUT2D eigenvalue weighted by Gasteiger charge is 2.57. The summed E-state index contributed by atoms with van der Waals surface area (Å²) in [4.78, 5) is 30.0. The average Bonchev–Trinajstić information content (AvgIpc) is 2.94. The molecule has 0 amide bonds. The summed E-state index contributed by atoms with van der Waals surface area (Å²) in [5, 5.41) is 0. The van der Waals surface area contributed by atoms with E-state index in [9.17, 15) is 9.59 Å². The minimum Gasteiger partial charge on any atom is -0.465 e. The van der Waals surface area contributed by atoms with Crippen LogP contribution < -0.4 is 0 Å². The fraction of sp³-hybridized carbons (Fsp3) is 0.273. The zero-order valence-electron chi connectivity index (χ0n) is 22.4. The van der Waals surface area contributed by atoms with E-state index in [0.29, 0.717) is 24.2 Å². The molecule has 5 heteroatoms. The van der Waals surface area contributed by atoms with E-state index < -0.39 is 23.3 Å². The number of allylic oxidation sites excluding steroid dienone is 1. The molecular weight excluding hydrogens is 474 g/mol. The van der Waals surface area contributed by atoms with Crippen LogP contribution in [0, 0.1) is 5.41 Å². The molecule has 0 spiro atoms. The Kier molecular flexibility index (Phi) is 8.47. The fourth-order valence-corrected chi connectivity index (χ4v) is 5.45. The molecule has 0 saturated heterocycles. The maximum absolute atomic E-state index is 14.3. The largest absolute Gasteiger partial charge is 0.465 e. The highest BCUT2D eigenvalue weighted by Crippen LogP contribution is 2.55. The van der Waals surface area contributed by atoms with Gasteiger partial charge in [-0.1, -0.05) is 97.6 Å². The zero-order valence-corrected chi connectivity index (χ0v) is 22.4. The summed E-state index contributed by atoms with van der Waals surface area (Å²) in [5.74, 6) is -1.50. The Morgan fingerprint density at radius 1 is 0.816 bits per heavy atom. The van der Waals surface area contributed by atoms with Gasteiger partial charge in [-0.25, -0.2) is 4.79 Å². The van der Waals surface area contributed by atoms with Crippen LogP contribution >= 0.6 is 0 Å². The van der Waals surface area contributed by atoms with Gasteiger partial charge in [0, 0.05) is 23.9 Å². The first kappa shape index (κ1) is 26.9. The van der Waals surface area contributed by atoms with Crippen LogP contribution in [0.2, 0.25) is 0 Å². The normalized spacial score (nSPS) is 19.3. The first-order valence-electron chi connectivity index (χ1n) is 13.1. The van der Waals surface area contributed by atoms with Crippen LogP contribution in [0.3, 0.4) is 0 Å². The highest BCUT2D eigenvalue weighted by atomic mass is 16.5. The monoisotopic (exact) mass is 509 g/mol. The van der Waals surface area contributed by atoms with Crippen molar-refractivity contribution in [1.29, 1.82) is 0 Å². The lowest BCUT2D eigenvalue weighted by molar-refractivity contribution is -0.156. The molecule has 0 bridgehead atoms. The van der Waals surface area contributed by atoms with Gasteiger partial charge in [0.2, 0.25) is 0 Å². The van der Waals surface area contributed by atoms with Gasteiger partial charge in [-0.05, 0) is 43.9 Å². The molecule has 0 N–H and O–H groups in total. The van der Waals surface area contributed by atoms with Crippen molar-refractivity contribution in [3.8, 4) is 0 Å². The van der Waals surface area contributed by atoms with Gasteiger partial charge in [-0.3, -0.25) is 4.79 Å². The average molecular weight is 510 g/mol. The Balaban J connectivity index is 2.03. The number of benzene rings is 3. The Morgan fingerprint density at radius 3 is 1.89 bits per heavy atom. The van der Waals surface area contributed by atoms with E-state index in [0.717, 1.165) is 22.4 Å². The molecule has 3 aromatic rings. The Hall–Kier alpha value is -4.12. The summed E-state index contributed by atoms with van der Waals surface area (Å²) in [6.07, 6.45) is 0.312. The molecule has 2 unspecified atom stereocenters. The molecule has 0 saturated carbocycles. The Bertz CT molecular complexity index is 1300. The Labute approximate surface area is 225 Å². The number of nitrogens with zero attached hydrogens (tertiary/aromatic N) is 1. The molecule has 2 atom stereocenters. The van der Waals surface area contributed by atoms with E-state index in [4.69, 9.17) is 9.47 Å². The van der Waals surface area contributed by atoms with Crippen LogP contribution in [0.4, 0.5) is 0 Å². The first-order chi connectivity index (χ1) is 18.4. The van der Waals surface area contributed by atoms with Gasteiger partial charge in [0.05, 0.1) is 18.8 Å². The third-order valence-electron chi connectivity index (χ3n) is 7.19. The molecular formula is C33H35NO4. The van der Waals surface area contributed by atoms with E-state index in [1.54, 1.807) is 13.8 Å². The van der Waals surface area contributed by atoms with Crippen LogP contribution in [-0.2, 0) is 32.0 Å². The molecule has 0 radical (unpaired) electrons. The number of hydrogen-bond donors (Lipinski definition) is 0. The minimum absolute atomic E-state index is 0.209. The summed E-state index contributed by atoms with van der Waals surface area (Å²) < 4.78 is 11.4. The molecule has 4 rings (SSSR count). The van der Waals surface area contributed by atoms with Crippen LogP contribution in [0.25, 0.3) is 0 Å². The molecule has 1 aliphatic heterocycles. The van der Waals surface area contributed by atoms with Crippen molar-refractivity contribution in [3.05, 3.63) is 131 Å². The standard InChI is InChI=1S/C33H35NO4/c1-5-37-31(35)29-24(3)34(23-27-18-12-8-13-19-27)25(4)33(32(36)38-6-2,22-26-16-10-7-11-17-26)30(29)28-20-14-9-15-21-28/h7-21,30H,4-6,22-23H2,1-3H3. The van der Waals surface area contributed by atoms with Gasteiger partial charge in [0.1, 0.15) is 5.41 Å². The second kappa shape index (κ2) is 12.0. The number of ether oxygens (including phenoxy) is 2. The zero-order chi connectivity index (χ0) is 27.1. The molecule has 0 aliphatic carbocycles. The van der Waals surface area contributed by atoms with Crippen LogP contribution in [0.5, 0.6) is 0 Å². The van der Waals surface area contributed by atoms with Gasteiger partial charge >= 0.3 is 11.9 Å². The van der Waals surface area contributed by atoms with Gasteiger partial charge in [-0.15, -0.1) is 0 Å². The molecule has 196 valence electrons. The predicted octanol–water partition coefficient (Wildman–Crippen LogP) is 6.43. The summed E-state index contributed by atoms with van der Waals surface area (Å²) >= 11 is 0. The first-order valence-corrected chi connectivity index (χ1v) is 13.1. The van der Waals surface area contributed by atoms with Crippen molar-refractivity contribution in [3.63, 3.8) is 0 Å². The van der Waals surface area contributed by atoms with Crippen LogP contribution in [0.15, 0.2) is 115 Å². The van der Waals surface area contributed by atoms with E-state index in [1.807, 2.05) is 103 Å². The van der Waals surface area contributed by atoms with Gasteiger partial charge < -0.3 is 14.4 Å². The Morgan fingerprint density at radius 2 is 1.34 bits per heavy atom. The molecule has 0 aromatic heterocycles. The lowest BCUT2D eigenvalue weighted by Crippen LogP contribution is -2.52. The minimum atomic E-state index is -1.28. The lowest BCUT2D eigenvalue weighted by Gasteiger charge is -2.50. The molecule has 3 aromatic carbocycles. The van der Waals surface area contributed by atoms with E-state index in [-0.39, 0.29) is 13.2 Å². The van der Waals surface area contributed by atoms with Crippen molar-refractivity contribution in [1.82, 2.24) is 4.90 Å². The number of rotatable bonds is 9. The number of esters is 2. The second-order valence-corrected chi connectivity index (χ2v) is 9.44. The van der Waals surface area contributed by atoms with Crippen LogP contribution in [0.1, 0.15) is 43.4 Å². The number of hydrogen-bond acceptors (Lipinski definition) is 5. The molecule has 38 heavy (non-hydrogen) atoms. The summed E-state index contributed by atoms with van der Waals surface area (Å²) in [6, 6.07) is 29.5. The van der Waals surface area contributed by atoms with Crippen molar-refractivity contribution in [2.75, 3.05) is 13.2 Å². The van der Waals surface area contributed by atoms with E-state index in [2.05, 4.69) is 6.58 Å². The van der Waals surface area contributed by atoms with Gasteiger partial charge in [0.25, 0.3) is 0 Å². The SMILES string of the molecule is C=C1N(Cc2ccccc2)C(C)=C(C(=O)OCC)C(c2ccccc2)C1(Cc1ccccc1)C(=O)OCC. The fourth-order valence-electron chi connectivity index (χ4n) is 5.45. The van der Waals surface area contributed by atoms with Crippen molar-refractivity contribution in [2.45, 2.75) is 39.7 Å². The summed E-state index contributed by atoms with van der Waals surface area (Å²) in [6.45, 7) is 10.9. The van der Waals surface area contributed by atoms with E-state index >= 15 is 0 Å². The van der Waals surface area contributed by atoms with Gasteiger partial charge in [-0.2, -0.15) is 0 Å². The molecule has 1 heterocycles. The maximum Gasteiger partial charge on any atom is 0.336 e. The molecule has 0 fully saturated rings. The molecule has 5 nitrogen and oxygen atoms in total. The maximum atomic E-state index is 14.3. The smallest absolute Gasteiger partial charge is 0.336 e. The van der Waals surface area contributed by atoms with Crippen LogP contribution in [-0.4, -0.2) is 30.1 Å². The summed E-state index contributed by atoms with van der Waals surface area (Å²) in [7, 11) is 0. The predicted molar refractivity (Wildman–Crippen MR) is 149 cm³/mol. The lowest BCUT2D eigenvalue weighted by atomic mass is 9.61. The highest BCUT2D eigenvalue weighted by molar-refractivity contribution is 5.96. The molecule has 1 aliphatic rings. The quantitative estimate of drug-likeness (QED) is 0.311. The number of carbonyl (C=O) groups excluding carboxylic acids is 2. The van der Waals surface area contributed by atoms with Crippen molar-refractivity contribution in [2.24, 2.45) is 5.41 Å². The second-order valence-electron chi connectivity index (χ2n) is 9.44. The topological polar surface area (TPSA) is 55.8 Å². The van der Waals surface area contributed by atoms with Crippen molar-refractivity contribution >= 4 is 11.9 Å². The third-order valence-corrected chi connectivity index (χ3v) is 7.19. The van der Waals surface area contributed by atoms with E-state index in [1.165, 1.54) is 0 Å². The number of carbonyl (C=O) groups is 2. The van der Waals surface area contributed by atoms with Gasteiger partial charge in [0.15, 0.2) is 0 Å². The summed E-state index contributed by atoms with van der Waals surface area (Å²) in [5.41, 5.74) is 3.30. The van der Waals surface area contributed by atoms with Crippen molar-refractivity contribution < 1.29 is 19.1 Å².